The van der Waals surface area contributed by atoms with Gasteiger partial charge in [-0.3, -0.25) is 4.79 Å². The Balaban J connectivity index is 1.83. The van der Waals surface area contributed by atoms with Crippen LogP contribution in [0.25, 0.3) is 32.8 Å². The Morgan fingerprint density at radius 3 is 2.69 bits per heavy atom. The average molecular weight is 356 g/mol. The van der Waals surface area contributed by atoms with Crippen molar-refractivity contribution in [1.82, 2.24) is 9.38 Å². The highest BCUT2D eigenvalue weighted by molar-refractivity contribution is 7.15. The summed E-state index contributed by atoms with van der Waals surface area (Å²) < 4.78 is 2.45. The van der Waals surface area contributed by atoms with Crippen LogP contribution in [0.3, 0.4) is 0 Å². The van der Waals surface area contributed by atoms with Crippen LogP contribution in [0, 0.1) is 13.8 Å². The number of benzene rings is 3. The molecule has 0 spiro atoms. The molecule has 3 aromatic carbocycles. The number of nitrogens with zero attached hydrogens (tertiary/aromatic N) is 2. The quantitative estimate of drug-likeness (QED) is 0.450. The van der Waals surface area contributed by atoms with Crippen LogP contribution in [-0.2, 0) is 0 Å². The molecule has 0 bridgehead atoms. The van der Waals surface area contributed by atoms with E-state index >= 15 is 0 Å². The molecule has 0 saturated heterocycles. The molecule has 0 amide bonds. The van der Waals surface area contributed by atoms with E-state index in [1.54, 1.807) is 4.40 Å². The lowest BCUT2D eigenvalue weighted by molar-refractivity contribution is 1.19. The highest BCUT2D eigenvalue weighted by Crippen LogP contribution is 2.23. The number of hydrogen-bond donors (Lipinski definition) is 0. The van der Waals surface area contributed by atoms with E-state index in [0.717, 1.165) is 32.5 Å². The fraction of sp³-hybridized carbons (Fsp3) is 0.0909. The predicted octanol–water partition coefficient (Wildman–Crippen LogP) is 4.23. The van der Waals surface area contributed by atoms with Crippen LogP contribution < -0.4 is 10.1 Å². The number of thiazole rings is 1. The van der Waals surface area contributed by atoms with Gasteiger partial charge in [-0.2, -0.15) is 0 Å². The van der Waals surface area contributed by atoms with Crippen LogP contribution in [0.1, 0.15) is 16.7 Å². The van der Waals surface area contributed by atoms with Crippen LogP contribution in [0.15, 0.2) is 59.4 Å². The van der Waals surface area contributed by atoms with Gasteiger partial charge in [-0.05, 0) is 53.5 Å². The topological polar surface area (TPSA) is 34.4 Å². The first-order valence-electron chi connectivity index (χ1n) is 8.54. The number of aromatic nitrogens is 2. The van der Waals surface area contributed by atoms with Crippen LogP contribution in [0.2, 0.25) is 0 Å². The zero-order valence-electron chi connectivity index (χ0n) is 14.5. The van der Waals surface area contributed by atoms with Crippen molar-refractivity contribution < 1.29 is 0 Å². The van der Waals surface area contributed by atoms with E-state index in [2.05, 4.69) is 44.2 Å². The molecule has 0 aliphatic rings. The lowest BCUT2D eigenvalue weighted by Crippen LogP contribution is -2.22. The van der Waals surface area contributed by atoms with E-state index in [4.69, 9.17) is 4.98 Å². The summed E-state index contributed by atoms with van der Waals surface area (Å²) in [4.78, 5) is 18.5. The highest BCUT2D eigenvalue weighted by atomic mass is 32.1. The van der Waals surface area contributed by atoms with Crippen molar-refractivity contribution in [2.45, 2.75) is 13.8 Å². The van der Waals surface area contributed by atoms with Gasteiger partial charge in [0.25, 0.3) is 5.56 Å². The minimum absolute atomic E-state index is 0.00341. The number of aryl methyl sites for hydroxylation is 2. The monoisotopic (exact) mass is 356 g/mol. The molecule has 0 saturated carbocycles. The zero-order chi connectivity index (χ0) is 17.8. The Hall–Kier alpha value is -2.98. The molecule has 0 fully saturated rings. The summed E-state index contributed by atoms with van der Waals surface area (Å²) >= 11 is 1.45. The molecule has 0 aliphatic carbocycles. The van der Waals surface area contributed by atoms with E-state index < -0.39 is 0 Å². The van der Waals surface area contributed by atoms with E-state index in [1.807, 2.05) is 30.3 Å². The Labute approximate surface area is 153 Å². The summed E-state index contributed by atoms with van der Waals surface area (Å²) in [7, 11) is 0. The fourth-order valence-corrected chi connectivity index (χ4v) is 4.45. The summed E-state index contributed by atoms with van der Waals surface area (Å²) in [5.41, 5.74) is 5.20. The van der Waals surface area contributed by atoms with Crippen molar-refractivity contribution in [3.05, 3.63) is 86.2 Å². The molecule has 0 N–H and O–H groups in total. The predicted molar refractivity (Wildman–Crippen MR) is 109 cm³/mol. The van der Waals surface area contributed by atoms with Crippen LogP contribution in [0.5, 0.6) is 0 Å². The van der Waals surface area contributed by atoms with Crippen molar-refractivity contribution in [2.24, 2.45) is 0 Å². The third-order valence-corrected chi connectivity index (χ3v) is 6.01. The number of fused-ring (bicyclic) bond motifs is 4. The molecule has 0 atom stereocenters. The van der Waals surface area contributed by atoms with Crippen LogP contribution >= 0.6 is 11.3 Å². The van der Waals surface area contributed by atoms with Crippen molar-refractivity contribution in [3.63, 3.8) is 0 Å². The lowest BCUT2D eigenvalue weighted by atomic mass is 10.0. The number of imidazole rings is 1. The second kappa shape index (κ2) is 5.51. The average Bonchev–Trinajstić information content (AvgIpc) is 3.16. The van der Waals surface area contributed by atoms with E-state index in [1.165, 1.54) is 22.3 Å². The van der Waals surface area contributed by atoms with Gasteiger partial charge in [0.1, 0.15) is 0 Å². The standard InChI is InChI=1S/C22H16N2OS/c1-13-10-11-18-20(14(13)2)23-22-24(18)21(25)19(26-22)12-16-8-5-7-15-6-3-4-9-17(15)16/h3-12H,1-2H3. The molecule has 0 aliphatic heterocycles. The Morgan fingerprint density at radius 2 is 1.81 bits per heavy atom. The summed E-state index contributed by atoms with van der Waals surface area (Å²) in [6.45, 7) is 4.13. The molecule has 0 unspecified atom stereocenters. The second-order valence-electron chi connectivity index (χ2n) is 6.59. The molecular weight excluding hydrogens is 340 g/mol. The maximum Gasteiger partial charge on any atom is 0.274 e. The molecule has 3 nitrogen and oxygen atoms in total. The first kappa shape index (κ1) is 15.3. The van der Waals surface area contributed by atoms with Gasteiger partial charge < -0.3 is 0 Å². The normalized spacial score (nSPS) is 12.6. The second-order valence-corrected chi connectivity index (χ2v) is 7.60. The van der Waals surface area contributed by atoms with Gasteiger partial charge in [0.15, 0.2) is 4.96 Å². The minimum atomic E-state index is 0.00341. The SMILES string of the molecule is Cc1ccc2c(nc3sc(=Cc4cccc5ccccc45)c(=O)n32)c1C. The van der Waals surface area contributed by atoms with Gasteiger partial charge in [-0.25, -0.2) is 9.38 Å². The number of hydrogen-bond acceptors (Lipinski definition) is 3. The van der Waals surface area contributed by atoms with Gasteiger partial charge in [0.2, 0.25) is 0 Å². The zero-order valence-corrected chi connectivity index (χ0v) is 15.3. The molecule has 4 heteroatoms. The summed E-state index contributed by atoms with van der Waals surface area (Å²) in [6.07, 6.45) is 1.98. The van der Waals surface area contributed by atoms with Crippen LogP contribution in [-0.4, -0.2) is 9.38 Å². The third kappa shape index (κ3) is 2.12. The van der Waals surface area contributed by atoms with Crippen molar-refractivity contribution in [1.29, 1.82) is 0 Å². The Morgan fingerprint density at radius 1 is 1.00 bits per heavy atom. The lowest BCUT2D eigenvalue weighted by Gasteiger charge is -2.00. The van der Waals surface area contributed by atoms with Crippen LogP contribution in [0.4, 0.5) is 0 Å². The molecule has 2 heterocycles. The van der Waals surface area contributed by atoms with Gasteiger partial charge in [0, 0.05) is 0 Å². The highest BCUT2D eigenvalue weighted by Gasteiger charge is 2.13. The third-order valence-electron chi connectivity index (χ3n) is 5.05. The van der Waals surface area contributed by atoms with Gasteiger partial charge >= 0.3 is 0 Å². The van der Waals surface area contributed by atoms with Gasteiger partial charge in [-0.15, -0.1) is 0 Å². The van der Waals surface area contributed by atoms with Crippen molar-refractivity contribution in [3.8, 4) is 0 Å². The molecule has 2 aromatic heterocycles. The van der Waals surface area contributed by atoms with Gasteiger partial charge in [0.05, 0.1) is 15.6 Å². The summed E-state index contributed by atoms with van der Waals surface area (Å²) in [5.74, 6) is 0. The number of rotatable bonds is 1. The Kier molecular flexibility index (Phi) is 3.24. The van der Waals surface area contributed by atoms with E-state index in [9.17, 15) is 4.79 Å². The molecule has 5 rings (SSSR count). The Bertz CT molecular complexity index is 1420. The largest absolute Gasteiger partial charge is 0.274 e. The molecular formula is C22H16N2OS. The maximum atomic E-state index is 13.0. The van der Waals surface area contributed by atoms with Crippen molar-refractivity contribution >= 4 is 44.2 Å². The smallest absolute Gasteiger partial charge is 0.267 e. The minimum Gasteiger partial charge on any atom is -0.267 e. The first-order valence-corrected chi connectivity index (χ1v) is 9.36. The first-order chi connectivity index (χ1) is 12.6. The summed E-state index contributed by atoms with van der Waals surface area (Å²) in [5, 5.41) is 2.32. The molecule has 5 aromatic rings. The molecule has 0 radical (unpaired) electrons. The maximum absolute atomic E-state index is 13.0. The summed E-state index contributed by atoms with van der Waals surface area (Å²) in [6, 6.07) is 18.4. The van der Waals surface area contributed by atoms with Gasteiger partial charge in [-0.1, -0.05) is 59.9 Å². The van der Waals surface area contributed by atoms with Crippen molar-refractivity contribution in [2.75, 3.05) is 0 Å². The van der Waals surface area contributed by atoms with E-state index in [0.29, 0.717) is 4.53 Å². The molecule has 126 valence electrons. The fourth-order valence-electron chi connectivity index (χ4n) is 3.48. The molecule has 26 heavy (non-hydrogen) atoms. The van der Waals surface area contributed by atoms with E-state index in [-0.39, 0.29) is 5.56 Å².